The normalized spacial score (nSPS) is 24.6. The van der Waals surface area contributed by atoms with Crippen molar-refractivity contribution in [3.63, 3.8) is 0 Å². The molecule has 2 aromatic rings. The first kappa shape index (κ1) is 29.1. The van der Waals surface area contributed by atoms with Crippen molar-refractivity contribution in [3.8, 4) is 0 Å². The molecule has 3 N–H and O–H groups in total. The summed E-state index contributed by atoms with van der Waals surface area (Å²) in [6.45, 7) is 2.16. The molecule has 2 fully saturated rings. The number of hydrogen-bond acceptors (Lipinski definition) is 5. The molecule has 7 nitrogen and oxygen atoms in total. The topological polar surface area (TPSA) is 113 Å². The van der Waals surface area contributed by atoms with Gasteiger partial charge >= 0.3 is 0 Å². The van der Waals surface area contributed by atoms with E-state index in [-0.39, 0.29) is 46.3 Å². The number of fused-ring (bicyclic) bond motifs is 2. The van der Waals surface area contributed by atoms with Gasteiger partial charge in [-0.2, -0.15) is 0 Å². The van der Waals surface area contributed by atoms with E-state index in [9.17, 15) is 36.3 Å². The summed E-state index contributed by atoms with van der Waals surface area (Å²) < 4.78 is 67.6. The third-order valence-corrected chi connectivity index (χ3v) is 10.3. The predicted octanol–water partition coefficient (Wildman–Crippen LogP) is 4.79. The molecule has 210 valence electrons. The molecule has 4 rings (SSSR count). The lowest BCUT2D eigenvalue weighted by Gasteiger charge is -2.42. The summed E-state index contributed by atoms with van der Waals surface area (Å²) in [5, 5.41) is 15.3. The van der Waals surface area contributed by atoms with E-state index in [1.165, 1.54) is 12.1 Å². The van der Waals surface area contributed by atoms with Crippen molar-refractivity contribution >= 4 is 38.9 Å². The lowest BCUT2D eigenvalue weighted by atomic mass is 9.72. The van der Waals surface area contributed by atoms with Crippen LogP contribution in [0.3, 0.4) is 0 Å². The van der Waals surface area contributed by atoms with Gasteiger partial charge in [-0.3, -0.25) is 9.59 Å². The van der Waals surface area contributed by atoms with Crippen molar-refractivity contribution in [2.75, 3.05) is 11.9 Å². The van der Waals surface area contributed by atoms with Crippen molar-refractivity contribution in [2.45, 2.75) is 54.8 Å². The molecular weight excluding hydrogens is 557 g/mol. The minimum Gasteiger partial charge on any atom is -0.389 e. The minimum atomic E-state index is -4.07. The number of sulfone groups is 1. The van der Waals surface area contributed by atoms with Gasteiger partial charge in [0.2, 0.25) is 5.91 Å². The third kappa shape index (κ3) is 5.85. The number of rotatable bonds is 8. The second-order valence-electron chi connectivity index (χ2n) is 10.0. The Balaban J connectivity index is 1.52. The molecule has 3 unspecified atom stereocenters. The fourth-order valence-electron chi connectivity index (χ4n) is 5.64. The van der Waals surface area contributed by atoms with Crippen LogP contribution in [0.15, 0.2) is 47.4 Å². The van der Waals surface area contributed by atoms with Crippen molar-refractivity contribution in [2.24, 2.45) is 11.8 Å². The van der Waals surface area contributed by atoms with Crippen LogP contribution < -0.4 is 10.6 Å². The van der Waals surface area contributed by atoms with Gasteiger partial charge in [-0.05, 0) is 62.6 Å². The standard InChI is InChI=1S/C27H28ClF3N2O5S/c1-2-3-8-32-24(34)14-27(36)16-5-6-17(27)11-19(10-16)39(37,38)23-9-15(4-7-20(23)28)26(35)33-18-12-21(29)25(31)22(30)13-18/h2-4,7,9,12-13,16-17,19,36H,5-6,8,10-11,14H2,1H3,(H,32,34)(H,33,35)/b3-2+/t16-,17?,19?,27?/m0/s1. The highest BCUT2D eigenvalue weighted by atomic mass is 35.5. The van der Waals surface area contributed by atoms with E-state index >= 15 is 0 Å². The Morgan fingerprint density at radius 2 is 1.72 bits per heavy atom. The lowest BCUT2D eigenvalue weighted by Crippen LogP contribution is -2.50. The molecular formula is C27H28ClF3N2O5S. The molecule has 2 bridgehead atoms. The Kier molecular flexibility index (Phi) is 8.44. The van der Waals surface area contributed by atoms with Crippen LogP contribution in [0.5, 0.6) is 0 Å². The van der Waals surface area contributed by atoms with E-state index in [2.05, 4.69) is 10.6 Å². The van der Waals surface area contributed by atoms with Crippen LogP contribution in [0.1, 0.15) is 49.4 Å². The van der Waals surface area contributed by atoms with Crippen LogP contribution in [-0.2, 0) is 14.6 Å². The summed E-state index contributed by atoms with van der Waals surface area (Å²) in [5.41, 5.74) is -1.80. The summed E-state index contributed by atoms with van der Waals surface area (Å²) in [5.74, 6) is -6.67. The molecule has 39 heavy (non-hydrogen) atoms. The first-order valence-corrected chi connectivity index (χ1v) is 14.4. The van der Waals surface area contributed by atoms with E-state index in [1.54, 1.807) is 12.2 Å². The number of halogens is 4. The molecule has 2 aromatic carbocycles. The van der Waals surface area contributed by atoms with Crippen LogP contribution in [0, 0.1) is 29.3 Å². The Morgan fingerprint density at radius 1 is 1.10 bits per heavy atom. The number of carbonyl (C=O) groups excluding carboxylic acids is 2. The van der Waals surface area contributed by atoms with Gasteiger partial charge in [0.05, 0.1) is 27.2 Å². The van der Waals surface area contributed by atoms with Crippen LogP contribution in [0.2, 0.25) is 5.02 Å². The van der Waals surface area contributed by atoms with E-state index in [1.807, 2.05) is 6.92 Å². The molecule has 2 aliphatic carbocycles. The fourth-order valence-corrected chi connectivity index (χ4v) is 8.04. The number of anilines is 1. The minimum absolute atomic E-state index is 0.109. The number of hydrogen-bond donors (Lipinski definition) is 3. The Morgan fingerprint density at radius 3 is 2.31 bits per heavy atom. The highest BCUT2D eigenvalue weighted by Crippen LogP contribution is 2.53. The zero-order chi connectivity index (χ0) is 28.5. The quantitative estimate of drug-likeness (QED) is 0.305. The molecule has 0 spiro atoms. The Labute approximate surface area is 229 Å². The molecule has 2 amide bonds. The number of nitrogens with one attached hydrogen (secondary N) is 2. The maximum Gasteiger partial charge on any atom is 0.255 e. The van der Waals surface area contributed by atoms with E-state index in [0.29, 0.717) is 31.5 Å². The van der Waals surface area contributed by atoms with Crippen molar-refractivity contribution in [1.82, 2.24) is 5.32 Å². The molecule has 0 aromatic heterocycles. The monoisotopic (exact) mass is 584 g/mol. The molecule has 12 heteroatoms. The van der Waals surface area contributed by atoms with Gasteiger partial charge in [0.25, 0.3) is 5.91 Å². The second-order valence-corrected chi connectivity index (χ2v) is 12.6. The summed E-state index contributed by atoms with van der Waals surface area (Å²) in [6, 6.07) is 4.77. The van der Waals surface area contributed by atoms with Crippen LogP contribution in [0.25, 0.3) is 0 Å². The van der Waals surface area contributed by atoms with Crippen molar-refractivity contribution < 1.29 is 36.3 Å². The number of amides is 2. The molecule has 2 saturated carbocycles. The van der Waals surface area contributed by atoms with E-state index in [4.69, 9.17) is 11.6 Å². The molecule has 4 atom stereocenters. The smallest absolute Gasteiger partial charge is 0.255 e. The van der Waals surface area contributed by atoms with Gasteiger partial charge < -0.3 is 15.7 Å². The molecule has 0 radical (unpaired) electrons. The molecule has 0 saturated heterocycles. The number of aliphatic hydroxyl groups is 1. The highest BCUT2D eigenvalue weighted by molar-refractivity contribution is 7.92. The summed E-state index contributed by atoms with van der Waals surface area (Å²) in [4.78, 5) is 24.8. The van der Waals surface area contributed by atoms with Gasteiger partial charge in [-0.15, -0.1) is 0 Å². The Bertz CT molecular complexity index is 1400. The first-order chi connectivity index (χ1) is 18.4. The third-order valence-electron chi connectivity index (χ3n) is 7.65. The van der Waals surface area contributed by atoms with E-state index < -0.39 is 55.9 Å². The van der Waals surface area contributed by atoms with Gasteiger partial charge in [-0.25, -0.2) is 21.6 Å². The maximum absolute atomic E-state index is 13.7. The average molecular weight is 585 g/mol. The van der Waals surface area contributed by atoms with Gasteiger partial charge in [0, 0.05) is 29.9 Å². The van der Waals surface area contributed by atoms with Gasteiger partial charge in [0.1, 0.15) is 0 Å². The fraction of sp³-hybridized carbons (Fsp3) is 0.407. The zero-order valence-electron chi connectivity index (χ0n) is 21.0. The van der Waals surface area contributed by atoms with Crippen LogP contribution in [-0.4, -0.2) is 42.7 Å². The van der Waals surface area contributed by atoms with E-state index in [0.717, 1.165) is 6.07 Å². The largest absolute Gasteiger partial charge is 0.389 e. The molecule has 0 aliphatic heterocycles. The molecule has 0 heterocycles. The number of carbonyl (C=O) groups is 2. The first-order valence-electron chi connectivity index (χ1n) is 12.5. The Hall–Kier alpha value is -2.89. The SMILES string of the molecule is C/C=C/CNC(=O)CC1(O)C2CC[C@H]1CC(S(=O)(=O)c1cc(C(=O)Nc3cc(F)c(F)c(F)c3)ccc1Cl)C2. The summed E-state index contributed by atoms with van der Waals surface area (Å²) in [7, 11) is -4.07. The predicted molar refractivity (Wildman–Crippen MR) is 140 cm³/mol. The van der Waals surface area contributed by atoms with Crippen LogP contribution in [0.4, 0.5) is 18.9 Å². The highest BCUT2D eigenvalue weighted by Gasteiger charge is 2.56. The summed E-state index contributed by atoms with van der Waals surface area (Å²) >= 11 is 6.24. The van der Waals surface area contributed by atoms with Gasteiger partial charge in [0.15, 0.2) is 27.3 Å². The number of benzene rings is 2. The average Bonchev–Trinajstić information content (AvgIpc) is 3.03. The van der Waals surface area contributed by atoms with Crippen molar-refractivity contribution in [1.29, 1.82) is 0 Å². The van der Waals surface area contributed by atoms with Gasteiger partial charge in [-0.1, -0.05) is 23.8 Å². The zero-order valence-corrected chi connectivity index (χ0v) is 22.6. The summed E-state index contributed by atoms with van der Waals surface area (Å²) in [6.07, 6.45) is 4.85. The number of allylic oxidation sites excluding steroid dienone is 1. The van der Waals surface area contributed by atoms with Crippen LogP contribution >= 0.6 is 11.6 Å². The second kappa shape index (κ2) is 11.3. The molecule has 2 aliphatic rings. The lowest BCUT2D eigenvalue weighted by molar-refractivity contribution is -0.132. The van der Waals surface area contributed by atoms with Crippen molar-refractivity contribution in [3.05, 3.63) is 70.5 Å². The maximum atomic E-state index is 13.7.